The number of aromatic nitrogens is 2. The van der Waals surface area contributed by atoms with E-state index in [0.717, 1.165) is 35.9 Å². The molecule has 3 saturated heterocycles. The number of rotatable bonds is 6. The number of aliphatic carboxylic acids is 1. The molecule has 1 aromatic heterocycles. The van der Waals surface area contributed by atoms with Crippen molar-refractivity contribution in [2.75, 3.05) is 25.4 Å². The number of nitrogens with two attached hydrogens (primary N) is 1. The van der Waals surface area contributed by atoms with Crippen LogP contribution in [0.3, 0.4) is 0 Å². The number of anilines is 1. The number of hydrogen-bond acceptors (Lipinski definition) is 11. The van der Waals surface area contributed by atoms with E-state index < -0.39 is 35.6 Å². The molecule has 4 aliphatic heterocycles. The van der Waals surface area contributed by atoms with E-state index in [1.165, 1.54) is 0 Å². The predicted octanol–water partition coefficient (Wildman–Crippen LogP) is -1.35. The zero-order valence-electron chi connectivity index (χ0n) is 19.0. The SMILES string of the molecule is Nc1nc(/C(=N\O)C(=O)NC2C(=O)N3C(C(=O)O)=C(/C=C4\CCN([C@@H]5CCNC5)C4=O)CCC23)ns1. The maximum atomic E-state index is 12.9. The lowest BCUT2D eigenvalue weighted by Crippen LogP contribution is -2.72. The van der Waals surface area contributed by atoms with Crippen molar-refractivity contribution in [1.29, 1.82) is 0 Å². The van der Waals surface area contributed by atoms with Gasteiger partial charge in [-0.2, -0.15) is 9.36 Å². The number of carbonyl (C=O) groups is 4. The van der Waals surface area contributed by atoms with Gasteiger partial charge in [0.25, 0.3) is 11.8 Å². The topological polar surface area (TPSA) is 203 Å². The van der Waals surface area contributed by atoms with Crippen LogP contribution in [0.4, 0.5) is 5.13 Å². The Morgan fingerprint density at radius 2 is 2.08 bits per heavy atom. The smallest absolute Gasteiger partial charge is 0.352 e. The largest absolute Gasteiger partial charge is 0.477 e. The fourth-order valence-corrected chi connectivity index (χ4v) is 5.63. The highest BCUT2D eigenvalue weighted by molar-refractivity contribution is 7.09. The highest BCUT2D eigenvalue weighted by Gasteiger charge is 2.53. The Balaban J connectivity index is 1.33. The molecule has 3 fully saturated rings. The van der Waals surface area contributed by atoms with Crippen LogP contribution < -0.4 is 16.4 Å². The van der Waals surface area contributed by atoms with Crippen molar-refractivity contribution in [1.82, 2.24) is 29.8 Å². The summed E-state index contributed by atoms with van der Waals surface area (Å²) in [6.45, 7) is 2.19. The molecule has 0 aliphatic carbocycles. The summed E-state index contributed by atoms with van der Waals surface area (Å²) in [7, 11) is 0. The standard InChI is InChI=1S/C21H24N8O6S/c22-21-25-16(27-36-21)14(26-35)17(30)24-13-12-2-1-9(15(20(33)34)29(12)19(13)32)7-10-4-6-28(18(10)31)11-3-5-23-8-11/h7,11-13,23,35H,1-6,8H2,(H,24,30)(H,33,34)(H2,22,25,27)/b10-7+,26-14+/t11-,12?,13?/m1/s1. The van der Waals surface area contributed by atoms with E-state index in [9.17, 15) is 29.5 Å². The average Bonchev–Trinajstić information content (AvgIpc) is 3.60. The maximum Gasteiger partial charge on any atom is 0.352 e. The van der Waals surface area contributed by atoms with Gasteiger partial charge in [-0.1, -0.05) is 5.16 Å². The normalized spacial score (nSPS) is 27.5. The second-order valence-corrected chi connectivity index (χ2v) is 9.70. The van der Waals surface area contributed by atoms with Crippen LogP contribution in [0.5, 0.6) is 0 Å². The van der Waals surface area contributed by atoms with E-state index in [2.05, 4.69) is 25.1 Å². The fourth-order valence-electron chi connectivity index (χ4n) is 5.20. The third-order valence-electron chi connectivity index (χ3n) is 6.91. The first kappa shape index (κ1) is 23.9. The molecule has 4 aliphatic rings. The molecular formula is C21H24N8O6S. The Labute approximate surface area is 208 Å². The lowest BCUT2D eigenvalue weighted by Gasteiger charge is -2.50. The number of allylic oxidation sites excluding steroid dienone is 2. The van der Waals surface area contributed by atoms with Gasteiger partial charge in [-0.3, -0.25) is 19.3 Å². The number of nitrogen functional groups attached to an aromatic ring is 1. The summed E-state index contributed by atoms with van der Waals surface area (Å²) in [5.41, 5.74) is 5.75. The first-order valence-electron chi connectivity index (χ1n) is 11.4. The quantitative estimate of drug-likeness (QED) is 0.0988. The van der Waals surface area contributed by atoms with Gasteiger partial charge in [-0.15, -0.1) is 0 Å². The number of carbonyl (C=O) groups excluding carboxylic acids is 3. The molecule has 14 nitrogen and oxygen atoms in total. The minimum Gasteiger partial charge on any atom is -0.477 e. The van der Waals surface area contributed by atoms with Crippen molar-refractivity contribution in [3.8, 4) is 0 Å². The Morgan fingerprint density at radius 1 is 1.28 bits per heavy atom. The Bertz CT molecular complexity index is 1230. The zero-order chi connectivity index (χ0) is 25.6. The molecule has 0 aromatic carbocycles. The number of hydrogen-bond donors (Lipinski definition) is 5. The van der Waals surface area contributed by atoms with Gasteiger partial charge in [0.2, 0.25) is 17.4 Å². The molecule has 2 unspecified atom stereocenters. The number of likely N-dealkylation sites (tertiary alicyclic amines) is 1. The third-order valence-corrected chi connectivity index (χ3v) is 7.46. The molecule has 0 spiro atoms. The predicted molar refractivity (Wildman–Crippen MR) is 125 cm³/mol. The molecule has 0 bridgehead atoms. The maximum absolute atomic E-state index is 12.9. The molecule has 1 aromatic rings. The molecule has 36 heavy (non-hydrogen) atoms. The van der Waals surface area contributed by atoms with Crippen molar-refractivity contribution in [3.05, 3.63) is 28.7 Å². The summed E-state index contributed by atoms with van der Waals surface area (Å²) >= 11 is 0.809. The van der Waals surface area contributed by atoms with Crippen LogP contribution in [0.25, 0.3) is 0 Å². The van der Waals surface area contributed by atoms with Crippen LogP contribution in [0.15, 0.2) is 28.1 Å². The summed E-state index contributed by atoms with van der Waals surface area (Å²) in [6, 6.07) is -1.47. The molecule has 5 heterocycles. The molecule has 190 valence electrons. The molecule has 6 N–H and O–H groups in total. The van der Waals surface area contributed by atoms with Crippen molar-refractivity contribution < 1.29 is 29.5 Å². The van der Waals surface area contributed by atoms with Crippen LogP contribution in [-0.2, 0) is 19.2 Å². The van der Waals surface area contributed by atoms with Crippen molar-refractivity contribution >= 4 is 46.1 Å². The third kappa shape index (κ3) is 3.99. The fraction of sp³-hybridized carbons (Fsp3) is 0.476. The highest BCUT2D eigenvalue weighted by atomic mass is 32.1. The summed E-state index contributed by atoms with van der Waals surface area (Å²) in [4.78, 5) is 57.4. The number of nitrogens with zero attached hydrogens (tertiary/aromatic N) is 5. The minimum atomic E-state index is -1.29. The molecule has 0 saturated carbocycles. The van der Waals surface area contributed by atoms with E-state index in [4.69, 9.17) is 5.73 Å². The van der Waals surface area contributed by atoms with Gasteiger partial charge in [-0.25, -0.2) is 4.79 Å². The van der Waals surface area contributed by atoms with Crippen molar-refractivity contribution in [2.24, 2.45) is 5.16 Å². The van der Waals surface area contributed by atoms with Crippen molar-refractivity contribution in [3.63, 3.8) is 0 Å². The van der Waals surface area contributed by atoms with Gasteiger partial charge in [0.15, 0.2) is 5.13 Å². The number of oxime groups is 1. The Hall–Kier alpha value is -3.85. The molecule has 0 radical (unpaired) electrons. The molecule has 3 atom stereocenters. The Morgan fingerprint density at radius 3 is 2.72 bits per heavy atom. The molecule has 5 rings (SSSR count). The van der Waals surface area contributed by atoms with Gasteiger partial charge >= 0.3 is 5.97 Å². The van der Waals surface area contributed by atoms with Crippen LogP contribution in [0, 0.1) is 0 Å². The second-order valence-electron chi connectivity index (χ2n) is 8.91. The van der Waals surface area contributed by atoms with Gasteiger partial charge in [0.05, 0.1) is 6.04 Å². The molecule has 15 heteroatoms. The van der Waals surface area contributed by atoms with E-state index in [-0.39, 0.29) is 28.6 Å². The summed E-state index contributed by atoms with van der Waals surface area (Å²) in [6.07, 6.45) is 3.70. The van der Waals surface area contributed by atoms with Crippen LogP contribution in [-0.4, -0.2) is 96.6 Å². The number of amides is 3. The number of nitrogens with one attached hydrogen (secondary N) is 2. The summed E-state index contributed by atoms with van der Waals surface area (Å²) in [5.74, 6) is -3.07. The van der Waals surface area contributed by atoms with Gasteiger partial charge < -0.3 is 31.6 Å². The van der Waals surface area contributed by atoms with Gasteiger partial charge in [-0.05, 0) is 43.9 Å². The van der Waals surface area contributed by atoms with Crippen LogP contribution >= 0.6 is 11.5 Å². The van der Waals surface area contributed by atoms with Gasteiger partial charge in [0.1, 0.15) is 11.7 Å². The number of carboxylic acid groups (broad SMARTS) is 1. The first-order valence-corrected chi connectivity index (χ1v) is 12.2. The van der Waals surface area contributed by atoms with Crippen LogP contribution in [0.2, 0.25) is 0 Å². The first-order chi connectivity index (χ1) is 17.3. The zero-order valence-corrected chi connectivity index (χ0v) is 19.8. The Kier molecular flexibility index (Phi) is 6.17. The van der Waals surface area contributed by atoms with Crippen LogP contribution in [0.1, 0.15) is 31.5 Å². The summed E-state index contributed by atoms with van der Waals surface area (Å²) < 4.78 is 3.82. The van der Waals surface area contributed by atoms with Crippen molar-refractivity contribution in [2.45, 2.75) is 43.8 Å². The number of carboxylic acids is 1. The molecular weight excluding hydrogens is 492 g/mol. The highest BCUT2D eigenvalue weighted by Crippen LogP contribution is 2.38. The van der Waals surface area contributed by atoms with E-state index in [0.29, 0.717) is 37.0 Å². The molecule has 3 amide bonds. The van der Waals surface area contributed by atoms with E-state index in [1.54, 1.807) is 6.08 Å². The van der Waals surface area contributed by atoms with E-state index in [1.807, 2.05) is 4.90 Å². The van der Waals surface area contributed by atoms with E-state index >= 15 is 0 Å². The average molecular weight is 517 g/mol. The summed E-state index contributed by atoms with van der Waals surface area (Å²) in [5, 5.41) is 27.9. The minimum absolute atomic E-state index is 0.0683. The monoisotopic (exact) mass is 516 g/mol. The number of β-lactam (4-membered cyclic amide) rings is 1. The lowest BCUT2D eigenvalue weighted by molar-refractivity contribution is -0.155. The lowest BCUT2D eigenvalue weighted by atomic mass is 9.83. The number of fused-ring (bicyclic) bond motifs is 1. The second kappa shape index (κ2) is 9.31. The van der Waals surface area contributed by atoms with Gasteiger partial charge in [0, 0.05) is 36.2 Å².